The molecule has 0 unspecified atom stereocenters. The van der Waals surface area contributed by atoms with E-state index in [0.717, 1.165) is 21.1 Å². The summed E-state index contributed by atoms with van der Waals surface area (Å²) in [5.74, 6) is 0.644. The van der Waals surface area contributed by atoms with Gasteiger partial charge in [-0.05, 0) is 25.0 Å². The Labute approximate surface area is 104 Å². The first kappa shape index (κ1) is 10.6. The number of pyridine rings is 1. The first-order valence-corrected chi connectivity index (χ1v) is 6.49. The fourth-order valence-corrected chi connectivity index (χ4v) is 2.89. The Balaban J connectivity index is 2.07. The van der Waals surface area contributed by atoms with Crippen LogP contribution >= 0.6 is 11.3 Å². The second kappa shape index (κ2) is 4.04. The molecule has 3 rings (SSSR count). The minimum absolute atomic E-state index is 0.129. The summed E-state index contributed by atoms with van der Waals surface area (Å²) >= 11 is 1.50. The number of ketones is 1. The normalized spacial score (nSPS) is 14.9. The van der Waals surface area contributed by atoms with Crippen LogP contribution in [0.2, 0.25) is 0 Å². The van der Waals surface area contributed by atoms with Crippen molar-refractivity contribution in [1.29, 1.82) is 0 Å². The van der Waals surface area contributed by atoms with Gasteiger partial charge in [0.1, 0.15) is 5.01 Å². The summed E-state index contributed by atoms with van der Waals surface area (Å²) in [6.07, 6.45) is 5.83. The summed E-state index contributed by atoms with van der Waals surface area (Å²) in [6, 6.07) is 3.86. The monoisotopic (exact) mass is 244 g/mol. The van der Waals surface area contributed by atoms with Crippen molar-refractivity contribution in [3.8, 4) is 10.6 Å². The first-order chi connectivity index (χ1) is 8.25. The molecule has 0 spiro atoms. The Morgan fingerprint density at radius 1 is 1.35 bits per heavy atom. The van der Waals surface area contributed by atoms with E-state index in [9.17, 15) is 4.79 Å². The summed E-state index contributed by atoms with van der Waals surface area (Å²) in [5.41, 5.74) is 2.05. The standard InChI is InChI=1S/C13H12N2OS/c1-8(16)12-11(9-2-3-9)15-13(17-12)10-4-6-14-7-5-10/h4-7,9H,2-3H2,1H3. The van der Waals surface area contributed by atoms with E-state index in [-0.39, 0.29) is 5.78 Å². The van der Waals surface area contributed by atoms with E-state index in [2.05, 4.69) is 9.97 Å². The number of nitrogens with zero attached hydrogens (tertiary/aromatic N) is 2. The van der Waals surface area contributed by atoms with Gasteiger partial charge in [-0.15, -0.1) is 11.3 Å². The number of rotatable bonds is 3. The van der Waals surface area contributed by atoms with Crippen LogP contribution in [0.25, 0.3) is 10.6 Å². The van der Waals surface area contributed by atoms with Crippen molar-refractivity contribution in [2.45, 2.75) is 25.7 Å². The van der Waals surface area contributed by atoms with Gasteiger partial charge < -0.3 is 0 Å². The highest BCUT2D eigenvalue weighted by atomic mass is 32.1. The predicted molar refractivity (Wildman–Crippen MR) is 67.3 cm³/mol. The molecule has 1 aliphatic rings. The number of Topliss-reactive ketones (excluding diaryl/α,β-unsaturated/α-hetero) is 1. The minimum atomic E-state index is 0.129. The van der Waals surface area contributed by atoms with Crippen LogP contribution in [0.5, 0.6) is 0 Å². The quantitative estimate of drug-likeness (QED) is 0.778. The molecule has 2 heterocycles. The van der Waals surface area contributed by atoms with E-state index >= 15 is 0 Å². The average molecular weight is 244 g/mol. The van der Waals surface area contributed by atoms with Crippen molar-refractivity contribution in [3.63, 3.8) is 0 Å². The van der Waals surface area contributed by atoms with Gasteiger partial charge in [0.2, 0.25) is 0 Å². The van der Waals surface area contributed by atoms with Crippen LogP contribution in [-0.4, -0.2) is 15.8 Å². The highest BCUT2D eigenvalue weighted by molar-refractivity contribution is 7.17. The van der Waals surface area contributed by atoms with Crippen molar-refractivity contribution in [1.82, 2.24) is 9.97 Å². The molecule has 0 atom stereocenters. The second-order valence-corrected chi connectivity index (χ2v) is 5.30. The number of carbonyl (C=O) groups excluding carboxylic acids is 1. The van der Waals surface area contributed by atoms with Crippen molar-refractivity contribution >= 4 is 17.1 Å². The third-order valence-corrected chi connectivity index (χ3v) is 4.09. The molecule has 0 aliphatic heterocycles. The third-order valence-electron chi connectivity index (χ3n) is 2.86. The lowest BCUT2D eigenvalue weighted by atomic mass is 10.2. The van der Waals surface area contributed by atoms with Gasteiger partial charge in [-0.3, -0.25) is 9.78 Å². The van der Waals surface area contributed by atoms with Gasteiger partial charge in [-0.25, -0.2) is 4.98 Å². The summed E-state index contributed by atoms with van der Waals surface area (Å²) in [7, 11) is 0. The van der Waals surface area contributed by atoms with Gasteiger partial charge in [-0.1, -0.05) is 0 Å². The van der Waals surface area contributed by atoms with Crippen LogP contribution in [-0.2, 0) is 0 Å². The average Bonchev–Trinajstić information content (AvgIpc) is 3.09. The molecular weight excluding hydrogens is 232 g/mol. The van der Waals surface area contributed by atoms with Crippen molar-refractivity contribution in [3.05, 3.63) is 35.1 Å². The van der Waals surface area contributed by atoms with Crippen LogP contribution in [0, 0.1) is 0 Å². The molecule has 1 aliphatic carbocycles. The summed E-state index contributed by atoms with van der Waals surface area (Å²) in [4.78, 5) is 21.1. The van der Waals surface area contributed by atoms with Crippen LogP contribution in [0.3, 0.4) is 0 Å². The Bertz CT molecular complexity index is 558. The molecule has 0 radical (unpaired) electrons. The second-order valence-electron chi connectivity index (χ2n) is 4.30. The number of hydrogen-bond acceptors (Lipinski definition) is 4. The molecule has 86 valence electrons. The molecule has 3 nitrogen and oxygen atoms in total. The van der Waals surface area contributed by atoms with Crippen LogP contribution in [0.15, 0.2) is 24.5 Å². The zero-order valence-corrected chi connectivity index (χ0v) is 10.3. The molecule has 4 heteroatoms. The highest BCUT2D eigenvalue weighted by Crippen LogP contribution is 2.44. The summed E-state index contributed by atoms with van der Waals surface area (Å²) in [6.45, 7) is 1.62. The van der Waals surface area contributed by atoms with Gasteiger partial charge in [0.05, 0.1) is 10.6 Å². The fourth-order valence-electron chi connectivity index (χ4n) is 1.84. The van der Waals surface area contributed by atoms with E-state index < -0.39 is 0 Å². The lowest BCUT2D eigenvalue weighted by Crippen LogP contribution is -1.93. The number of hydrogen-bond donors (Lipinski definition) is 0. The van der Waals surface area contributed by atoms with E-state index in [1.165, 1.54) is 24.2 Å². The minimum Gasteiger partial charge on any atom is -0.294 e. The van der Waals surface area contributed by atoms with E-state index in [1.54, 1.807) is 19.3 Å². The summed E-state index contributed by atoms with van der Waals surface area (Å²) in [5, 5.41) is 0.930. The molecule has 1 fully saturated rings. The van der Waals surface area contributed by atoms with Gasteiger partial charge in [0, 0.05) is 30.8 Å². The topological polar surface area (TPSA) is 42.9 Å². The highest BCUT2D eigenvalue weighted by Gasteiger charge is 2.31. The summed E-state index contributed by atoms with van der Waals surface area (Å²) < 4.78 is 0. The maximum atomic E-state index is 11.6. The first-order valence-electron chi connectivity index (χ1n) is 5.68. The molecule has 17 heavy (non-hydrogen) atoms. The van der Waals surface area contributed by atoms with Gasteiger partial charge in [-0.2, -0.15) is 0 Å². The fraction of sp³-hybridized carbons (Fsp3) is 0.308. The van der Waals surface area contributed by atoms with Gasteiger partial charge >= 0.3 is 0 Å². The molecule has 0 saturated heterocycles. The lowest BCUT2D eigenvalue weighted by molar-refractivity contribution is 0.102. The largest absolute Gasteiger partial charge is 0.294 e. The number of aromatic nitrogens is 2. The van der Waals surface area contributed by atoms with Crippen LogP contribution < -0.4 is 0 Å². The molecule has 0 aromatic carbocycles. The Kier molecular flexibility index (Phi) is 2.52. The maximum Gasteiger partial charge on any atom is 0.171 e. The zero-order chi connectivity index (χ0) is 11.8. The van der Waals surface area contributed by atoms with Crippen molar-refractivity contribution in [2.24, 2.45) is 0 Å². The molecular formula is C13H12N2OS. The zero-order valence-electron chi connectivity index (χ0n) is 9.51. The van der Waals surface area contributed by atoms with Crippen molar-refractivity contribution < 1.29 is 4.79 Å². The van der Waals surface area contributed by atoms with E-state index in [0.29, 0.717) is 5.92 Å². The Morgan fingerprint density at radius 2 is 2.06 bits per heavy atom. The molecule has 2 aromatic rings. The van der Waals surface area contributed by atoms with Crippen molar-refractivity contribution in [2.75, 3.05) is 0 Å². The molecule has 2 aromatic heterocycles. The van der Waals surface area contributed by atoms with Crippen LogP contribution in [0.4, 0.5) is 0 Å². The predicted octanol–water partition coefficient (Wildman–Crippen LogP) is 3.29. The van der Waals surface area contributed by atoms with Crippen LogP contribution in [0.1, 0.15) is 41.0 Å². The SMILES string of the molecule is CC(=O)c1sc(-c2ccncc2)nc1C1CC1. The Morgan fingerprint density at radius 3 is 2.65 bits per heavy atom. The van der Waals surface area contributed by atoms with E-state index in [4.69, 9.17) is 0 Å². The molecule has 0 bridgehead atoms. The molecule has 0 N–H and O–H groups in total. The van der Waals surface area contributed by atoms with Gasteiger partial charge in [0.15, 0.2) is 5.78 Å². The number of thiazole rings is 1. The lowest BCUT2D eigenvalue weighted by Gasteiger charge is -1.93. The van der Waals surface area contributed by atoms with E-state index in [1.807, 2.05) is 12.1 Å². The maximum absolute atomic E-state index is 11.6. The van der Waals surface area contributed by atoms with Gasteiger partial charge in [0.25, 0.3) is 0 Å². The molecule has 0 amide bonds. The molecule has 1 saturated carbocycles. The Hall–Kier alpha value is -1.55. The number of carbonyl (C=O) groups is 1. The smallest absolute Gasteiger partial charge is 0.171 e. The third kappa shape index (κ3) is 2.00.